The van der Waals surface area contributed by atoms with E-state index in [9.17, 15) is 9.59 Å². The standard InChI is InChI=1S/C6H12N4O2/c1-9-4(8)3(7)5(11)10(2)6(9)12/h3-4H,7-8H2,1-2H3. The maximum atomic E-state index is 11.2. The van der Waals surface area contributed by atoms with Crippen LogP contribution in [0, 0.1) is 0 Å². The lowest BCUT2D eigenvalue weighted by Crippen LogP contribution is -2.67. The fraction of sp³-hybridized carbons (Fsp3) is 0.667. The molecule has 0 bridgehead atoms. The first kappa shape index (κ1) is 8.95. The van der Waals surface area contributed by atoms with E-state index in [0.29, 0.717) is 0 Å². The molecule has 0 spiro atoms. The summed E-state index contributed by atoms with van der Waals surface area (Å²) in [6.07, 6.45) is -0.721. The van der Waals surface area contributed by atoms with Crippen molar-refractivity contribution in [2.45, 2.75) is 12.2 Å². The van der Waals surface area contributed by atoms with Gasteiger partial charge in [0.2, 0.25) is 0 Å². The fourth-order valence-electron chi connectivity index (χ4n) is 1.07. The zero-order valence-electron chi connectivity index (χ0n) is 7.02. The van der Waals surface area contributed by atoms with Gasteiger partial charge in [-0.2, -0.15) is 0 Å². The number of rotatable bonds is 0. The highest BCUT2D eigenvalue weighted by molar-refractivity contribution is 5.99. The molecule has 0 saturated carbocycles. The molecule has 1 heterocycles. The van der Waals surface area contributed by atoms with E-state index in [2.05, 4.69) is 0 Å². The van der Waals surface area contributed by atoms with Crippen molar-refractivity contribution < 1.29 is 9.59 Å². The maximum absolute atomic E-state index is 11.2. The molecule has 3 amide bonds. The topological polar surface area (TPSA) is 92.7 Å². The van der Waals surface area contributed by atoms with Gasteiger partial charge in [-0.3, -0.25) is 9.69 Å². The first-order valence-electron chi connectivity index (χ1n) is 3.52. The van der Waals surface area contributed by atoms with Gasteiger partial charge in [0.1, 0.15) is 12.2 Å². The molecule has 0 aromatic rings. The van der Waals surface area contributed by atoms with E-state index in [1.165, 1.54) is 19.0 Å². The van der Waals surface area contributed by atoms with E-state index in [1.807, 2.05) is 0 Å². The highest BCUT2D eigenvalue weighted by atomic mass is 16.2. The Morgan fingerprint density at radius 2 is 1.75 bits per heavy atom. The lowest BCUT2D eigenvalue weighted by Gasteiger charge is -2.37. The van der Waals surface area contributed by atoms with Crippen LogP contribution in [-0.4, -0.2) is 48.0 Å². The van der Waals surface area contributed by atoms with Crippen LogP contribution >= 0.6 is 0 Å². The third kappa shape index (κ3) is 1.05. The summed E-state index contributed by atoms with van der Waals surface area (Å²) in [5.74, 6) is -0.439. The van der Waals surface area contributed by atoms with Gasteiger partial charge in [-0.25, -0.2) is 4.79 Å². The van der Waals surface area contributed by atoms with Gasteiger partial charge in [0.25, 0.3) is 5.91 Å². The second-order valence-electron chi connectivity index (χ2n) is 2.81. The number of amides is 3. The van der Waals surface area contributed by atoms with Gasteiger partial charge in [-0.1, -0.05) is 0 Å². The first-order valence-corrected chi connectivity index (χ1v) is 3.52. The van der Waals surface area contributed by atoms with Gasteiger partial charge in [-0.05, 0) is 0 Å². The molecule has 68 valence electrons. The smallest absolute Gasteiger partial charge is 0.317 e. The normalized spacial score (nSPS) is 31.3. The van der Waals surface area contributed by atoms with E-state index >= 15 is 0 Å². The number of urea groups is 1. The molecule has 1 aliphatic heterocycles. The van der Waals surface area contributed by atoms with E-state index in [4.69, 9.17) is 11.5 Å². The Balaban J connectivity index is 2.91. The second-order valence-corrected chi connectivity index (χ2v) is 2.81. The molecule has 12 heavy (non-hydrogen) atoms. The monoisotopic (exact) mass is 172 g/mol. The molecular weight excluding hydrogens is 160 g/mol. The van der Waals surface area contributed by atoms with Crippen LogP contribution in [0.4, 0.5) is 4.79 Å². The minimum Gasteiger partial charge on any atom is -0.317 e. The van der Waals surface area contributed by atoms with Crippen LogP contribution < -0.4 is 11.5 Å². The molecule has 4 N–H and O–H groups in total. The quantitative estimate of drug-likeness (QED) is 0.447. The van der Waals surface area contributed by atoms with Gasteiger partial charge >= 0.3 is 6.03 Å². The summed E-state index contributed by atoms with van der Waals surface area (Å²) in [5, 5.41) is 0. The lowest BCUT2D eigenvalue weighted by molar-refractivity contribution is -0.132. The van der Waals surface area contributed by atoms with Crippen LogP contribution in [-0.2, 0) is 4.79 Å². The molecule has 2 atom stereocenters. The Labute approximate surface area is 70.1 Å². The molecule has 6 nitrogen and oxygen atoms in total. The minimum atomic E-state index is -0.822. The van der Waals surface area contributed by atoms with Crippen LogP contribution in [0.3, 0.4) is 0 Å². The van der Waals surface area contributed by atoms with Crippen LogP contribution in [0.15, 0.2) is 0 Å². The Hall–Kier alpha value is -1.14. The van der Waals surface area contributed by atoms with Crippen LogP contribution in [0.25, 0.3) is 0 Å². The van der Waals surface area contributed by atoms with Crippen molar-refractivity contribution in [3.05, 3.63) is 0 Å². The van der Waals surface area contributed by atoms with Crippen LogP contribution in [0.5, 0.6) is 0 Å². The highest BCUT2D eigenvalue weighted by Gasteiger charge is 2.38. The molecule has 6 heteroatoms. The molecule has 1 aliphatic rings. The highest BCUT2D eigenvalue weighted by Crippen LogP contribution is 2.08. The van der Waals surface area contributed by atoms with Crippen molar-refractivity contribution in [2.75, 3.05) is 14.1 Å². The number of hydrogen-bond acceptors (Lipinski definition) is 4. The van der Waals surface area contributed by atoms with Crippen molar-refractivity contribution in [3.8, 4) is 0 Å². The number of carbonyl (C=O) groups excluding carboxylic acids is 2. The number of likely N-dealkylation sites (N-methyl/N-ethyl adjacent to an activating group) is 2. The Bertz CT molecular complexity index is 208. The molecular formula is C6H12N4O2. The van der Waals surface area contributed by atoms with E-state index in [0.717, 1.165) is 4.90 Å². The Morgan fingerprint density at radius 1 is 1.25 bits per heavy atom. The molecule has 0 aromatic carbocycles. The van der Waals surface area contributed by atoms with Crippen molar-refractivity contribution in [1.29, 1.82) is 0 Å². The summed E-state index contributed by atoms with van der Waals surface area (Å²) < 4.78 is 0. The van der Waals surface area contributed by atoms with Crippen molar-refractivity contribution in [3.63, 3.8) is 0 Å². The number of carbonyl (C=O) groups is 2. The molecule has 1 saturated heterocycles. The summed E-state index contributed by atoms with van der Waals surface area (Å²) in [6, 6.07) is -1.24. The summed E-state index contributed by atoms with van der Waals surface area (Å²) >= 11 is 0. The zero-order valence-corrected chi connectivity index (χ0v) is 7.02. The van der Waals surface area contributed by atoms with Gasteiger partial charge in [0.05, 0.1) is 0 Å². The molecule has 0 aromatic heterocycles. The van der Waals surface area contributed by atoms with Crippen molar-refractivity contribution >= 4 is 11.9 Å². The third-order valence-electron chi connectivity index (χ3n) is 2.02. The number of hydrogen-bond donors (Lipinski definition) is 2. The molecule has 0 radical (unpaired) electrons. The summed E-state index contributed by atoms with van der Waals surface area (Å²) in [6.45, 7) is 0. The summed E-state index contributed by atoms with van der Waals surface area (Å²) in [7, 11) is 2.89. The average Bonchev–Trinajstić information content (AvgIpc) is 2.08. The second kappa shape index (κ2) is 2.72. The van der Waals surface area contributed by atoms with Gasteiger partial charge in [-0.15, -0.1) is 0 Å². The number of nitrogens with two attached hydrogens (primary N) is 2. The predicted molar refractivity (Wildman–Crippen MR) is 41.9 cm³/mol. The molecule has 0 aliphatic carbocycles. The minimum absolute atomic E-state index is 0.422. The van der Waals surface area contributed by atoms with Gasteiger partial charge in [0, 0.05) is 14.1 Å². The van der Waals surface area contributed by atoms with E-state index < -0.39 is 24.1 Å². The molecule has 1 rings (SSSR count). The van der Waals surface area contributed by atoms with Gasteiger partial charge in [0.15, 0.2) is 0 Å². The fourth-order valence-corrected chi connectivity index (χ4v) is 1.07. The van der Waals surface area contributed by atoms with Crippen LogP contribution in [0.1, 0.15) is 0 Å². The van der Waals surface area contributed by atoms with Gasteiger partial charge < -0.3 is 16.4 Å². The molecule has 1 fully saturated rings. The van der Waals surface area contributed by atoms with E-state index in [1.54, 1.807) is 0 Å². The Morgan fingerprint density at radius 3 is 2.25 bits per heavy atom. The largest absolute Gasteiger partial charge is 0.327 e. The van der Waals surface area contributed by atoms with Crippen molar-refractivity contribution in [1.82, 2.24) is 9.80 Å². The van der Waals surface area contributed by atoms with Crippen LogP contribution in [0.2, 0.25) is 0 Å². The third-order valence-corrected chi connectivity index (χ3v) is 2.02. The number of imide groups is 1. The molecule has 2 unspecified atom stereocenters. The zero-order chi connectivity index (χ0) is 9.46. The summed E-state index contributed by atoms with van der Waals surface area (Å²) in [4.78, 5) is 24.6. The maximum Gasteiger partial charge on any atom is 0.327 e. The summed E-state index contributed by atoms with van der Waals surface area (Å²) in [5.41, 5.74) is 11.0. The average molecular weight is 172 g/mol. The van der Waals surface area contributed by atoms with E-state index in [-0.39, 0.29) is 0 Å². The SMILES string of the molecule is CN1C(=O)C(N)C(N)N(C)C1=O. The number of nitrogens with zero attached hydrogens (tertiary/aromatic N) is 2. The Kier molecular flexibility index (Phi) is 2.03. The predicted octanol–water partition coefficient (Wildman–Crippen LogP) is -1.88. The lowest BCUT2D eigenvalue weighted by atomic mass is 10.1. The van der Waals surface area contributed by atoms with Crippen molar-refractivity contribution in [2.24, 2.45) is 11.5 Å². The first-order chi connectivity index (χ1) is 5.46.